The summed E-state index contributed by atoms with van der Waals surface area (Å²) < 4.78 is 37.5. The maximum atomic E-state index is 12.5. The highest BCUT2D eigenvalue weighted by atomic mass is 19.4. The van der Waals surface area contributed by atoms with E-state index in [-0.39, 0.29) is 0 Å². The summed E-state index contributed by atoms with van der Waals surface area (Å²) in [5.74, 6) is 1.23. The number of hydrogen-bond donors (Lipinski definition) is 2. The fourth-order valence-electron chi connectivity index (χ4n) is 4.45. The van der Waals surface area contributed by atoms with E-state index < -0.39 is 12.7 Å². The average molecular weight is 440 g/mol. The highest BCUT2D eigenvalue weighted by Crippen LogP contribution is 2.24. The van der Waals surface area contributed by atoms with Crippen LogP contribution in [0.5, 0.6) is 0 Å². The zero-order chi connectivity index (χ0) is 22.1. The molecule has 8 heteroatoms. The lowest BCUT2D eigenvalue weighted by molar-refractivity contribution is -0.148. The Labute approximate surface area is 184 Å². The molecule has 1 aromatic carbocycles. The zero-order valence-corrected chi connectivity index (χ0v) is 18.6. The van der Waals surface area contributed by atoms with Crippen molar-refractivity contribution in [2.24, 2.45) is 10.9 Å². The summed E-state index contributed by atoms with van der Waals surface area (Å²) in [6.07, 6.45) is 1.13. The van der Waals surface area contributed by atoms with Crippen molar-refractivity contribution >= 4 is 5.96 Å². The first-order chi connectivity index (χ1) is 14.9. The van der Waals surface area contributed by atoms with E-state index >= 15 is 0 Å². The molecule has 2 saturated heterocycles. The summed E-state index contributed by atoms with van der Waals surface area (Å²) in [5, 5.41) is 6.68. The van der Waals surface area contributed by atoms with Gasteiger partial charge in [0.1, 0.15) is 0 Å². The largest absolute Gasteiger partial charge is 0.401 e. The zero-order valence-electron chi connectivity index (χ0n) is 18.6. The number of nitrogens with zero attached hydrogens (tertiary/aromatic N) is 3. The van der Waals surface area contributed by atoms with Crippen molar-refractivity contribution in [3.05, 3.63) is 35.4 Å². The van der Waals surface area contributed by atoms with Crippen LogP contribution in [0, 0.1) is 5.92 Å². The normalized spacial score (nSPS) is 19.7. The van der Waals surface area contributed by atoms with E-state index in [1.807, 2.05) is 0 Å². The number of aliphatic imine (C=N–C) groups is 1. The molecule has 0 bridgehead atoms. The molecule has 0 saturated carbocycles. The summed E-state index contributed by atoms with van der Waals surface area (Å²) in [6, 6.07) is 8.74. The van der Waals surface area contributed by atoms with E-state index in [0.29, 0.717) is 25.6 Å². The van der Waals surface area contributed by atoms with Crippen molar-refractivity contribution < 1.29 is 13.2 Å². The fourth-order valence-corrected chi connectivity index (χ4v) is 4.45. The maximum absolute atomic E-state index is 12.5. The standard InChI is InChI=1S/C23H36F3N5/c1-27-22(28-11-8-19-9-14-31(15-10-19)18-23(24,25)26)29-16-20-4-6-21(7-5-20)17-30-12-2-3-13-30/h4-7,19H,2-3,8-18H2,1H3,(H2,27,28,29). The van der Waals surface area contributed by atoms with Crippen molar-refractivity contribution in [2.45, 2.75) is 51.4 Å². The molecule has 0 unspecified atom stereocenters. The SMILES string of the molecule is CN=C(NCCC1CCN(CC(F)(F)F)CC1)NCc1ccc(CN2CCCC2)cc1. The molecule has 0 atom stereocenters. The van der Waals surface area contributed by atoms with Gasteiger partial charge in [0.2, 0.25) is 0 Å². The Balaban J connectivity index is 1.31. The molecule has 0 amide bonds. The first-order valence-electron chi connectivity index (χ1n) is 11.4. The number of hydrogen-bond acceptors (Lipinski definition) is 3. The van der Waals surface area contributed by atoms with Crippen molar-refractivity contribution in [1.29, 1.82) is 0 Å². The first kappa shape index (κ1) is 23.9. The van der Waals surface area contributed by atoms with Crippen LogP contribution in [0.4, 0.5) is 13.2 Å². The number of alkyl halides is 3. The van der Waals surface area contributed by atoms with Crippen molar-refractivity contribution in [1.82, 2.24) is 20.4 Å². The molecule has 0 aromatic heterocycles. The van der Waals surface area contributed by atoms with Crippen LogP contribution in [0.2, 0.25) is 0 Å². The van der Waals surface area contributed by atoms with Gasteiger partial charge >= 0.3 is 6.18 Å². The topological polar surface area (TPSA) is 42.9 Å². The van der Waals surface area contributed by atoms with Gasteiger partial charge in [-0.15, -0.1) is 0 Å². The van der Waals surface area contributed by atoms with Gasteiger partial charge in [0.05, 0.1) is 6.54 Å². The van der Waals surface area contributed by atoms with E-state index in [1.54, 1.807) is 7.05 Å². The van der Waals surface area contributed by atoms with Crippen LogP contribution in [0.15, 0.2) is 29.3 Å². The number of benzene rings is 1. The van der Waals surface area contributed by atoms with Crippen LogP contribution in [-0.2, 0) is 13.1 Å². The van der Waals surface area contributed by atoms with Gasteiger partial charge in [0.25, 0.3) is 0 Å². The number of guanidine groups is 1. The third kappa shape index (κ3) is 8.69. The van der Waals surface area contributed by atoms with Gasteiger partial charge in [-0.3, -0.25) is 14.8 Å². The summed E-state index contributed by atoms with van der Waals surface area (Å²) in [4.78, 5) is 8.29. The third-order valence-electron chi connectivity index (χ3n) is 6.27. The molecular formula is C23H36F3N5. The predicted molar refractivity (Wildman–Crippen MR) is 119 cm³/mol. The average Bonchev–Trinajstić information content (AvgIpc) is 3.25. The van der Waals surface area contributed by atoms with Gasteiger partial charge in [-0.2, -0.15) is 13.2 Å². The second kappa shape index (κ2) is 11.7. The van der Waals surface area contributed by atoms with Crippen LogP contribution < -0.4 is 10.6 Å². The van der Waals surface area contributed by atoms with Gasteiger partial charge in [-0.05, 0) is 75.3 Å². The van der Waals surface area contributed by atoms with Gasteiger partial charge in [-0.1, -0.05) is 24.3 Å². The molecule has 0 radical (unpaired) electrons. The van der Waals surface area contributed by atoms with Crippen molar-refractivity contribution in [3.8, 4) is 0 Å². The summed E-state index contributed by atoms with van der Waals surface area (Å²) in [5.41, 5.74) is 2.57. The molecule has 0 aliphatic carbocycles. The van der Waals surface area contributed by atoms with Gasteiger partial charge in [-0.25, -0.2) is 0 Å². The molecule has 2 heterocycles. The Morgan fingerprint density at radius 1 is 0.968 bits per heavy atom. The lowest BCUT2D eigenvalue weighted by Gasteiger charge is -2.32. The maximum Gasteiger partial charge on any atom is 0.401 e. The first-order valence-corrected chi connectivity index (χ1v) is 11.4. The summed E-state index contributed by atoms with van der Waals surface area (Å²) in [6.45, 7) is 5.21. The van der Waals surface area contributed by atoms with Gasteiger partial charge in [0.15, 0.2) is 5.96 Å². The lowest BCUT2D eigenvalue weighted by atomic mass is 9.93. The van der Waals surface area contributed by atoms with E-state index in [1.165, 1.54) is 42.0 Å². The lowest BCUT2D eigenvalue weighted by Crippen LogP contribution is -2.41. The van der Waals surface area contributed by atoms with E-state index in [0.717, 1.165) is 38.3 Å². The Morgan fingerprint density at radius 2 is 1.61 bits per heavy atom. The Kier molecular flexibility index (Phi) is 9.02. The minimum atomic E-state index is -4.10. The van der Waals surface area contributed by atoms with Crippen LogP contribution >= 0.6 is 0 Å². The second-order valence-corrected chi connectivity index (χ2v) is 8.78. The van der Waals surface area contributed by atoms with Crippen LogP contribution in [0.3, 0.4) is 0 Å². The van der Waals surface area contributed by atoms with Crippen LogP contribution in [0.25, 0.3) is 0 Å². The molecule has 2 aliphatic heterocycles. The molecule has 2 aliphatic rings. The molecule has 1 aromatic rings. The highest BCUT2D eigenvalue weighted by Gasteiger charge is 2.32. The van der Waals surface area contributed by atoms with E-state index in [9.17, 15) is 13.2 Å². The van der Waals surface area contributed by atoms with E-state index in [2.05, 4.69) is 44.8 Å². The Hall–Kier alpha value is -1.80. The monoisotopic (exact) mass is 439 g/mol. The number of halogens is 3. The third-order valence-corrected chi connectivity index (χ3v) is 6.27. The molecule has 31 heavy (non-hydrogen) atoms. The number of nitrogens with one attached hydrogen (secondary N) is 2. The Bertz CT molecular complexity index is 675. The van der Waals surface area contributed by atoms with E-state index in [4.69, 9.17) is 0 Å². The number of likely N-dealkylation sites (tertiary alicyclic amines) is 2. The van der Waals surface area contributed by atoms with Crippen molar-refractivity contribution in [2.75, 3.05) is 46.3 Å². The van der Waals surface area contributed by atoms with Gasteiger partial charge in [0, 0.05) is 26.7 Å². The van der Waals surface area contributed by atoms with Crippen LogP contribution in [0.1, 0.15) is 43.2 Å². The minimum absolute atomic E-state index is 0.471. The molecule has 2 fully saturated rings. The summed E-state index contributed by atoms with van der Waals surface area (Å²) >= 11 is 0. The second-order valence-electron chi connectivity index (χ2n) is 8.78. The molecule has 5 nitrogen and oxygen atoms in total. The van der Waals surface area contributed by atoms with Crippen molar-refractivity contribution in [3.63, 3.8) is 0 Å². The fraction of sp³-hybridized carbons (Fsp3) is 0.696. The minimum Gasteiger partial charge on any atom is -0.356 e. The highest BCUT2D eigenvalue weighted by molar-refractivity contribution is 5.79. The molecular weight excluding hydrogens is 403 g/mol. The number of rotatable bonds is 8. The smallest absolute Gasteiger partial charge is 0.356 e. The quantitative estimate of drug-likeness (QED) is 0.480. The van der Waals surface area contributed by atoms with Gasteiger partial charge < -0.3 is 10.6 Å². The molecule has 2 N–H and O–H groups in total. The molecule has 0 spiro atoms. The summed E-state index contributed by atoms with van der Waals surface area (Å²) in [7, 11) is 1.75. The molecule has 174 valence electrons. The predicted octanol–water partition coefficient (Wildman–Crippen LogP) is 3.61. The number of piperidine rings is 1. The van der Waals surface area contributed by atoms with Crippen LogP contribution in [-0.4, -0.2) is 68.3 Å². The Morgan fingerprint density at radius 3 is 2.23 bits per heavy atom. The molecule has 3 rings (SSSR count).